The molecule has 2 unspecified atom stereocenters. The minimum absolute atomic E-state index is 0.654. The number of anilines is 1. The molecule has 2 fully saturated rings. The molecule has 2 aliphatic rings. The largest absolute Gasteiger partial charge is 0.342 e. The maximum Gasteiger partial charge on any atom is 0.205 e. The first-order valence-corrected chi connectivity index (χ1v) is 6.78. The third kappa shape index (κ3) is 1.95. The van der Waals surface area contributed by atoms with Gasteiger partial charge in [0.1, 0.15) is 0 Å². The highest BCUT2D eigenvalue weighted by molar-refractivity contribution is 5.32. The van der Waals surface area contributed by atoms with Crippen LogP contribution < -0.4 is 10.2 Å². The lowest BCUT2D eigenvalue weighted by atomic mass is 9.99. The van der Waals surface area contributed by atoms with E-state index in [1.54, 1.807) is 0 Å². The van der Waals surface area contributed by atoms with Crippen LogP contribution in [0.5, 0.6) is 0 Å². The van der Waals surface area contributed by atoms with E-state index in [4.69, 9.17) is 0 Å². The molecule has 94 valence electrons. The summed E-state index contributed by atoms with van der Waals surface area (Å²) in [6.07, 6.45) is 9.23. The van der Waals surface area contributed by atoms with Crippen LogP contribution in [0.25, 0.3) is 0 Å². The quantitative estimate of drug-likeness (QED) is 0.863. The molecule has 4 heteroatoms. The fourth-order valence-electron chi connectivity index (χ4n) is 3.37. The van der Waals surface area contributed by atoms with Crippen molar-refractivity contribution in [2.24, 2.45) is 0 Å². The SMILES string of the molecule is CCn1ccnc1N(C)C1CC2CCC(C1)N2. The first-order valence-electron chi connectivity index (χ1n) is 6.78. The maximum atomic E-state index is 4.50. The summed E-state index contributed by atoms with van der Waals surface area (Å²) in [7, 11) is 2.20. The van der Waals surface area contributed by atoms with Crippen LogP contribution >= 0.6 is 0 Å². The van der Waals surface area contributed by atoms with Crippen LogP contribution in [0.1, 0.15) is 32.6 Å². The smallest absolute Gasteiger partial charge is 0.205 e. The number of rotatable bonds is 3. The molecule has 0 spiro atoms. The average molecular weight is 234 g/mol. The molecule has 1 N–H and O–H groups in total. The van der Waals surface area contributed by atoms with Crippen LogP contribution in [0.3, 0.4) is 0 Å². The van der Waals surface area contributed by atoms with Gasteiger partial charge in [-0.3, -0.25) is 0 Å². The molecule has 4 nitrogen and oxygen atoms in total. The molecule has 0 aliphatic carbocycles. The Hall–Kier alpha value is -1.03. The van der Waals surface area contributed by atoms with E-state index >= 15 is 0 Å². The van der Waals surface area contributed by atoms with Gasteiger partial charge in [-0.25, -0.2) is 4.98 Å². The van der Waals surface area contributed by atoms with Gasteiger partial charge in [0.25, 0.3) is 0 Å². The summed E-state index contributed by atoms with van der Waals surface area (Å²) in [4.78, 5) is 6.89. The topological polar surface area (TPSA) is 33.1 Å². The fraction of sp³-hybridized carbons (Fsp3) is 0.769. The van der Waals surface area contributed by atoms with Crippen molar-refractivity contribution in [1.82, 2.24) is 14.9 Å². The Morgan fingerprint density at radius 1 is 1.41 bits per heavy atom. The number of nitrogens with zero attached hydrogens (tertiary/aromatic N) is 3. The van der Waals surface area contributed by atoms with Crippen molar-refractivity contribution in [1.29, 1.82) is 0 Å². The Labute approximate surface area is 103 Å². The predicted molar refractivity (Wildman–Crippen MR) is 69.3 cm³/mol. The van der Waals surface area contributed by atoms with E-state index in [0.29, 0.717) is 6.04 Å². The van der Waals surface area contributed by atoms with Crippen LogP contribution in [0.15, 0.2) is 12.4 Å². The Morgan fingerprint density at radius 3 is 2.76 bits per heavy atom. The lowest BCUT2D eigenvalue weighted by Crippen LogP contribution is -2.47. The lowest BCUT2D eigenvalue weighted by Gasteiger charge is -2.36. The number of piperidine rings is 1. The Bertz CT molecular complexity index is 375. The van der Waals surface area contributed by atoms with Crippen LogP contribution in [0.4, 0.5) is 5.95 Å². The molecule has 1 aromatic heterocycles. The summed E-state index contributed by atoms with van der Waals surface area (Å²) in [6, 6.07) is 2.14. The lowest BCUT2D eigenvalue weighted by molar-refractivity contribution is 0.351. The number of aryl methyl sites for hydroxylation is 1. The molecule has 3 rings (SSSR count). The van der Waals surface area contributed by atoms with Crippen LogP contribution in [-0.4, -0.2) is 34.7 Å². The van der Waals surface area contributed by atoms with Gasteiger partial charge in [-0.1, -0.05) is 0 Å². The molecule has 2 aliphatic heterocycles. The van der Waals surface area contributed by atoms with Gasteiger partial charge in [0.15, 0.2) is 0 Å². The monoisotopic (exact) mass is 234 g/mol. The highest BCUT2D eigenvalue weighted by Crippen LogP contribution is 2.30. The van der Waals surface area contributed by atoms with Gasteiger partial charge in [0.05, 0.1) is 0 Å². The normalized spacial score (nSPS) is 31.8. The van der Waals surface area contributed by atoms with E-state index in [9.17, 15) is 0 Å². The standard InChI is InChI=1S/C13H22N4/c1-3-17-7-6-14-13(17)16(2)12-8-10-4-5-11(9-12)15-10/h6-7,10-12,15H,3-5,8-9H2,1-2H3. The maximum absolute atomic E-state index is 4.50. The minimum Gasteiger partial charge on any atom is -0.342 e. The number of imidazole rings is 1. The molecular formula is C13H22N4. The van der Waals surface area contributed by atoms with Crippen LogP contribution in [-0.2, 0) is 6.54 Å². The zero-order chi connectivity index (χ0) is 11.8. The predicted octanol–water partition coefficient (Wildman–Crippen LogP) is 1.62. The van der Waals surface area contributed by atoms with Crippen molar-refractivity contribution in [3.63, 3.8) is 0 Å². The Kier molecular flexibility index (Phi) is 2.82. The fourth-order valence-corrected chi connectivity index (χ4v) is 3.37. The van der Waals surface area contributed by atoms with Crippen LogP contribution in [0, 0.1) is 0 Å². The van der Waals surface area contributed by atoms with Gasteiger partial charge in [0, 0.05) is 44.1 Å². The molecule has 0 radical (unpaired) electrons. The molecule has 2 bridgehead atoms. The van der Waals surface area contributed by atoms with Crippen molar-refractivity contribution in [3.05, 3.63) is 12.4 Å². The summed E-state index contributed by atoms with van der Waals surface area (Å²) >= 11 is 0. The minimum atomic E-state index is 0.654. The third-order valence-electron chi connectivity index (χ3n) is 4.35. The molecule has 1 aromatic rings. The second-order valence-electron chi connectivity index (χ2n) is 5.39. The van der Waals surface area contributed by atoms with Gasteiger partial charge in [-0.2, -0.15) is 0 Å². The van der Waals surface area contributed by atoms with Crippen molar-refractivity contribution in [3.8, 4) is 0 Å². The first kappa shape index (κ1) is 11.1. The summed E-state index contributed by atoms with van der Waals surface area (Å²) in [5.74, 6) is 1.12. The summed E-state index contributed by atoms with van der Waals surface area (Å²) < 4.78 is 2.23. The van der Waals surface area contributed by atoms with Gasteiger partial charge < -0.3 is 14.8 Å². The van der Waals surface area contributed by atoms with Crippen molar-refractivity contribution in [2.45, 2.75) is 57.3 Å². The zero-order valence-corrected chi connectivity index (χ0v) is 10.8. The van der Waals surface area contributed by atoms with E-state index < -0.39 is 0 Å². The Morgan fingerprint density at radius 2 is 2.12 bits per heavy atom. The third-order valence-corrected chi connectivity index (χ3v) is 4.35. The van der Waals surface area contributed by atoms with Crippen molar-refractivity contribution in [2.75, 3.05) is 11.9 Å². The number of fused-ring (bicyclic) bond motifs is 2. The summed E-state index contributed by atoms with van der Waals surface area (Å²) in [5, 5.41) is 3.70. The van der Waals surface area contributed by atoms with Gasteiger partial charge in [-0.15, -0.1) is 0 Å². The van der Waals surface area contributed by atoms with E-state index in [0.717, 1.165) is 24.6 Å². The van der Waals surface area contributed by atoms with Crippen molar-refractivity contribution >= 4 is 5.95 Å². The molecule has 17 heavy (non-hydrogen) atoms. The second-order valence-corrected chi connectivity index (χ2v) is 5.39. The highest BCUT2D eigenvalue weighted by Gasteiger charge is 2.35. The molecule has 2 atom stereocenters. The van der Waals surface area contributed by atoms with E-state index in [1.807, 2.05) is 6.20 Å². The van der Waals surface area contributed by atoms with E-state index in [-0.39, 0.29) is 0 Å². The number of aromatic nitrogens is 2. The molecule has 0 amide bonds. The number of hydrogen-bond donors (Lipinski definition) is 1. The molecule has 3 heterocycles. The van der Waals surface area contributed by atoms with Gasteiger partial charge in [0.2, 0.25) is 5.95 Å². The Balaban J connectivity index is 1.76. The zero-order valence-electron chi connectivity index (χ0n) is 10.8. The van der Waals surface area contributed by atoms with E-state index in [1.165, 1.54) is 25.7 Å². The summed E-state index contributed by atoms with van der Waals surface area (Å²) in [6.45, 7) is 3.17. The van der Waals surface area contributed by atoms with Crippen molar-refractivity contribution < 1.29 is 0 Å². The van der Waals surface area contributed by atoms with E-state index in [2.05, 4.69) is 39.9 Å². The molecule has 0 aromatic carbocycles. The first-order chi connectivity index (χ1) is 8.28. The number of nitrogens with one attached hydrogen (secondary N) is 1. The highest BCUT2D eigenvalue weighted by atomic mass is 15.3. The molecular weight excluding hydrogens is 212 g/mol. The van der Waals surface area contributed by atoms with Crippen LogP contribution in [0.2, 0.25) is 0 Å². The molecule has 0 saturated carbocycles. The van der Waals surface area contributed by atoms with Gasteiger partial charge in [-0.05, 0) is 32.6 Å². The number of hydrogen-bond acceptors (Lipinski definition) is 3. The average Bonchev–Trinajstić information content (AvgIpc) is 2.94. The molecule has 2 saturated heterocycles. The second kappa shape index (κ2) is 4.33. The summed E-state index contributed by atoms with van der Waals surface area (Å²) in [5.41, 5.74) is 0. The van der Waals surface area contributed by atoms with Gasteiger partial charge >= 0.3 is 0 Å².